The summed E-state index contributed by atoms with van der Waals surface area (Å²) in [5.41, 5.74) is 5.46. The third-order valence-corrected chi connectivity index (χ3v) is 5.30. The van der Waals surface area contributed by atoms with Crippen molar-refractivity contribution in [2.24, 2.45) is 17.6 Å². The number of rotatable bonds is 11. The molecule has 0 amide bonds. The molecular formula is C14H33N3O2S. The minimum Gasteiger partial charge on any atom is -0.330 e. The molecule has 0 heterocycles. The van der Waals surface area contributed by atoms with E-state index < -0.39 is 10.2 Å². The van der Waals surface area contributed by atoms with E-state index in [9.17, 15) is 8.42 Å². The Hall–Kier alpha value is -0.170. The Kier molecular flexibility index (Phi) is 9.63. The summed E-state index contributed by atoms with van der Waals surface area (Å²) in [6.07, 6.45) is 2.47. The highest BCUT2D eigenvalue weighted by Gasteiger charge is 2.26. The molecule has 0 aliphatic carbocycles. The van der Waals surface area contributed by atoms with Crippen LogP contribution in [0, 0.1) is 11.8 Å². The monoisotopic (exact) mass is 307 g/mol. The van der Waals surface area contributed by atoms with Gasteiger partial charge >= 0.3 is 0 Å². The zero-order chi connectivity index (χ0) is 15.8. The number of nitrogens with two attached hydrogens (primary N) is 1. The molecule has 5 nitrogen and oxygen atoms in total. The van der Waals surface area contributed by atoms with E-state index in [1.54, 1.807) is 11.4 Å². The first-order chi connectivity index (χ1) is 9.21. The summed E-state index contributed by atoms with van der Waals surface area (Å²) in [4.78, 5) is 0. The number of nitrogens with zero attached hydrogens (tertiary/aromatic N) is 2. The van der Waals surface area contributed by atoms with E-state index in [-0.39, 0.29) is 0 Å². The van der Waals surface area contributed by atoms with Crippen LogP contribution in [0.1, 0.15) is 47.0 Å². The second-order valence-electron chi connectivity index (χ2n) is 6.24. The molecule has 0 spiro atoms. The smallest absolute Gasteiger partial charge is 0.281 e. The van der Waals surface area contributed by atoms with Crippen molar-refractivity contribution in [3.63, 3.8) is 0 Å². The van der Waals surface area contributed by atoms with E-state index in [1.165, 1.54) is 4.31 Å². The predicted molar refractivity (Wildman–Crippen MR) is 85.7 cm³/mol. The van der Waals surface area contributed by atoms with Crippen LogP contribution in [0.2, 0.25) is 0 Å². The maximum Gasteiger partial charge on any atom is 0.281 e. The Morgan fingerprint density at radius 1 is 0.950 bits per heavy atom. The third kappa shape index (κ3) is 7.57. The van der Waals surface area contributed by atoms with E-state index in [4.69, 9.17) is 5.73 Å². The largest absolute Gasteiger partial charge is 0.330 e. The van der Waals surface area contributed by atoms with E-state index in [1.807, 2.05) is 0 Å². The second kappa shape index (κ2) is 9.71. The highest BCUT2D eigenvalue weighted by Crippen LogP contribution is 2.13. The normalized spacial score (nSPS) is 13.1. The fourth-order valence-electron chi connectivity index (χ4n) is 1.77. The van der Waals surface area contributed by atoms with Crippen LogP contribution in [0.3, 0.4) is 0 Å². The Labute approximate surface area is 125 Å². The third-order valence-electron chi connectivity index (χ3n) is 3.31. The topological polar surface area (TPSA) is 66.6 Å². The maximum absolute atomic E-state index is 12.6. The summed E-state index contributed by atoms with van der Waals surface area (Å²) in [6, 6.07) is 0. The van der Waals surface area contributed by atoms with Gasteiger partial charge < -0.3 is 5.73 Å². The van der Waals surface area contributed by atoms with Crippen molar-refractivity contribution in [1.82, 2.24) is 8.61 Å². The lowest BCUT2D eigenvalue weighted by molar-refractivity contribution is 0.325. The van der Waals surface area contributed by atoms with Crippen molar-refractivity contribution in [2.75, 3.05) is 33.2 Å². The Bertz CT molecular complexity index is 330. The van der Waals surface area contributed by atoms with Gasteiger partial charge in [-0.2, -0.15) is 17.0 Å². The van der Waals surface area contributed by atoms with Gasteiger partial charge in [0.05, 0.1) is 0 Å². The first-order valence-electron chi connectivity index (χ1n) is 7.63. The second-order valence-corrected chi connectivity index (χ2v) is 8.27. The van der Waals surface area contributed by atoms with Crippen molar-refractivity contribution in [2.45, 2.75) is 47.0 Å². The van der Waals surface area contributed by atoms with Crippen molar-refractivity contribution in [1.29, 1.82) is 0 Å². The van der Waals surface area contributed by atoms with Crippen LogP contribution in [-0.4, -0.2) is 50.3 Å². The van der Waals surface area contributed by atoms with Crippen LogP contribution < -0.4 is 5.73 Å². The molecule has 0 aromatic carbocycles. The van der Waals surface area contributed by atoms with Gasteiger partial charge in [-0.15, -0.1) is 0 Å². The average Bonchev–Trinajstić information content (AvgIpc) is 2.34. The lowest BCUT2D eigenvalue weighted by Gasteiger charge is -2.28. The van der Waals surface area contributed by atoms with Gasteiger partial charge in [0, 0.05) is 26.7 Å². The lowest BCUT2D eigenvalue weighted by atomic mass is 10.1. The molecule has 0 saturated heterocycles. The van der Waals surface area contributed by atoms with Gasteiger partial charge in [0.1, 0.15) is 0 Å². The van der Waals surface area contributed by atoms with Crippen molar-refractivity contribution >= 4 is 10.2 Å². The van der Waals surface area contributed by atoms with Crippen LogP contribution in [0.25, 0.3) is 0 Å². The molecule has 0 bridgehead atoms. The minimum atomic E-state index is -3.35. The Balaban J connectivity index is 4.77. The molecule has 0 aliphatic rings. The lowest BCUT2D eigenvalue weighted by Crippen LogP contribution is -2.44. The van der Waals surface area contributed by atoms with E-state index in [0.29, 0.717) is 44.4 Å². The molecule has 0 radical (unpaired) electrons. The Morgan fingerprint density at radius 3 is 1.75 bits per heavy atom. The maximum atomic E-state index is 12.6. The zero-order valence-corrected chi connectivity index (χ0v) is 14.6. The molecule has 0 aromatic rings. The van der Waals surface area contributed by atoms with Gasteiger partial charge in [-0.05, 0) is 37.6 Å². The van der Waals surface area contributed by atoms with Crippen LogP contribution >= 0.6 is 0 Å². The Morgan fingerprint density at radius 2 is 1.40 bits per heavy atom. The van der Waals surface area contributed by atoms with Crippen LogP contribution in [-0.2, 0) is 10.2 Å². The molecule has 0 atom stereocenters. The quantitative estimate of drug-likeness (QED) is 0.634. The van der Waals surface area contributed by atoms with Gasteiger partial charge in [-0.1, -0.05) is 27.7 Å². The molecule has 0 unspecified atom stereocenters. The molecule has 122 valence electrons. The van der Waals surface area contributed by atoms with E-state index in [2.05, 4.69) is 27.7 Å². The van der Waals surface area contributed by atoms with Gasteiger partial charge in [0.15, 0.2) is 0 Å². The highest BCUT2D eigenvalue weighted by molar-refractivity contribution is 7.86. The standard InChI is InChI=1S/C14H33N3O2S/c1-13(2)7-11-17(12-8-14(3)4)20(18,19)16(5)10-6-9-15/h13-14H,6-12,15H2,1-5H3. The van der Waals surface area contributed by atoms with Crippen LogP contribution in [0.5, 0.6) is 0 Å². The predicted octanol–water partition coefficient (Wildman–Crippen LogP) is 1.91. The minimum absolute atomic E-state index is 0.485. The summed E-state index contributed by atoms with van der Waals surface area (Å²) < 4.78 is 28.2. The van der Waals surface area contributed by atoms with Crippen molar-refractivity contribution in [3.05, 3.63) is 0 Å². The molecule has 0 fully saturated rings. The van der Waals surface area contributed by atoms with E-state index in [0.717, 1.165) is 12.8 Å². The summed E-state index contributed by atoms with van der Waals surface area (Å²) >= 11 is 0. The van der Waals surface area contributed by atoms with Gasteiger partial charge in [0.2, 0.25) is 0 Å². The molecule has 0 aromatic heterocycles. The summed E-state index contributed by atoms with van der Waals surface area (Å²) in [5, 5.41) is 0. The molecular weight excluding hydrogens is 274 g/mol. The molecule has 0 saturated carbocycles. The zero-order valence-electron chi connectivity index (χ0n) is 13.8. The molecule has 6 heteroatoms. The average molecular weight is 308 g/mol. The van der Waals surface area contributed by atoms with E-state index >= 15 is 0 Å². The van der Waals surface area contributed by atoms with Crippen LogP contribution in [0.15, 0.2) is 0 Å². The summed E-state index contributed by atoms with van der Waals surface area (Å²) in [6.45, 7) is 10.7. The van der Waals surface area contributed by atoms with Gasteiger partial charge in [0.25, 0.3) is 10.2 Å². The van der Waals surface area contributed by atoms with Gasteiger partial charge in [-0.3, -0.25) is 0 Å². The fourth-order valence-corrected chi connectivity index (χ4v) is 3.20. The SMILES string of the molecule is CC(C)CCN(CCC(C)C)S(=O)(=O)N(C)CCCN. The van der Waals surface area contributed by atoms with Gasteiger partial charge in [-0.25, -0.2) is 0 Å². The number of hydrogen-bond acceptors (Lipinski definition) is 3. The fraction of sp³-hybridized carbons (Fsp3) is 1.00. The summed E-state index contributed by atoms with van der Waals surface area (Å²) in [5.74, 6) is 1.00. The molecule has 2 N–H and O–H groups in total. The van der Waals surface area contributed by atoms with Crippen molar-refractivity contribution in [3.8, 4) is 0 Å². The first-order valence-corrected chi connectivity index (χ1v) is 9.03. The van der Waals surface area contributed by atoms with Crippen molar-refractivity contribution < 1.29 is 8.42 Å². The van der Waals surface area contributed by atoms with Crippen LogP contribution in [0.4, 0.5) is 0 Å². The molecule has 0 aliphatic heterocycles. The number of hydrogen-bond donors (Lipinski definition) is 1. The molecule has 20 heavy (non-hydrogen) atoms. The highest BCUT2D eigenvalue weighted by atomic mass is 32.2. The first kappa shape index (κ1) is 19.8. The summed E-state index contributed by atoms with van der Waals surface area (Å²) in [7, 11) is -1.71. The molecule has 0 rings (SSSR count).